The van der Waals surface area contributed by atoms with Crippen molar-refractivity contribution in [1.29, 1.82) is 0 Å². The average Bonchev–Trinajstić information content (AvgIpc) is 3.41. The molecule has 0 saturated carbocycles. The van der Waals surface area contributed by atoms with Crippen LogP contribution in [-0.2, 0) is 6.42 Å². The molecule has 162 valence electrons. The van der Waals surface area contributed by atoms with Crippen molar-refractivity contribution in [1.82, 2.24) is 19.7 Å². The van der Waals surface area contributed by atoms with Crippen molar-refractivity contribution in [3.8, 4) is 11.4 Å². The Morgan fingerprint density at radius 1 is 1.13 bits per heavy atom. The van der Waals surface area contributed by atoms with E-state index in [0.29, 0.717) is 28.9 Å². The van der Waals surface area contributed by atoms with E-state index in [1.165, 1.54) is 6.07 Å². The SMILES string of the molecule is Cc1nnc(C)n1-c1ccc(O[C@@H]2c3cc(Cl)ccc3C[C@@H]2N2CC[C@@H](O)C2)c(F)c1. The van der Waals surface area contributed by atoms with Gasteiger partial charge in [0.15, 0.2) is 11.6 Å². The first-order valence-corrected chi connectivity index (χ1v) is 10.8. The highest BCUT2D eigenvalue weighted by Gasteiger charge is 2.40. The Labute approximate surface area is 185 Å². The fraction of sp³-hybridized carbons (Fsp3) is 0.391. The lowest BCUT2D eigenvalue weighted by Crippen LogP contribution is -2.39. The fourth-order valence-corrected chi connectivity index (χ4v) is 4.97. The maximum atomic E-state index is 15.1. The third-order valence-electron chi connectivity index (χ3n) is 6.27. The van der Waals surface area contributed by atoms with Gasteiger partial charge in [0.2, 0.25) is 0 Å². The fourth-order valence-electron chi connectivity index (χ4n) is 4.79. The normalized spacial score (nSPS) is 23.3. The summed E-state index contributed by atoms with van der Waals surface area (Å²) in [4.78, 5) is 2.24. The molecule has 2 aliphatic rings. The van der Waals surface area contributed by atoms with Crippen LogP contribution in [0.5, 0.6) is 5.75 Å². The number of likely N-dealkylation sites (tertiary alicyclic amines) is 1. The number of halogens is 2. The van der Waals surface area contributed by atoms with Gasteiger partial charge in [-0.15, -0.1) is 10.2 Å². The maximum Gasteiger partial charge on any atom is 0.167 e. The minimum atomic E-state index is -0.444. The van der Waals surface area contributed by atoms with Crippen LogP contribution in [0, 0.1) is 19.7 Å². The number of aliphatic hydroxyl groups excluding tert-OH is 1. The van der Waals surface area contributed by atoms with E-state index in [2.05, 4.69) is 15.1 Å². The molecule has 3 aromatic rings. The third kappa shape index (κ3) is 3.71. The van der Waals surface area contributed by atoms with Gasteiger partial charge >= 0.3 is 0 Å². The van der Waals surface area contributed by atoms with Crippen LogP contribution >= 0.6 is 11.6 Å². The number of hydrogen-bond acceptors (Lipinski definition) is 5. The largest absolute Gasteiger partial charge is 0.481 e. The van der Waals surface area contributed by atoms with Crippen molar-refractivity contribution < 1.29 is 14.2 Å². The van der Waals surface area contributed by atoms with Crippen LogP contribution in [0.3, 0.4) is 0 Å². The van der Waals surface area contributed by atoms with E-state index in [1.54, 1.807) is 10.6 Å². The Morgan fingerprint density at radius 3 is 2.58 bits per heavy atom. The molecule has 0 unspecified atom stereocenters. The monoisotopic (exact) mass is 442 g/mol. The standard InChI is InChI=1S/C23H24ClFN4O2/c1-13-26-27-14(2)29(13)17-5-6-22(20(25)11-17)31-23-19-10-16(24)4-3-15(19)9-21(23)28-8-7-18(30)12-28/h3-6,10-11,18,21,23,30H,7-9,12H2,1-2H3/t18-,21+,23-/m1/s1. The highest BCUT2D eigenvalue weighted by atomic mass is 35.5. The summed E-state index contributed by atoms with van der Waals surface area (Å²) in [5.41, 5.74) is 2.78. The summed E-state index contributed by atoms with van der Waals surface area (Å²) in [7, 11) is 0. The molecule has 2 aromatic carbocycles. The van der Waals surface area contributed by atoms with Crippen molar-refractivity contribution in [2.75, 3.05) is 13.1 Å². The molecule has 0 amide bonds. The number of ether oxygens (including phenoxy) is 1. The van der Waals surface area contributed by atoms with E-state index in [4.69, 9.17) is 16.3 Å². The minimum absolute atomic E-state index is 0.0204. The van der Waals surface area contributed by atoms with E-state index in [0.717, 1.165) is 30.5 Å². The molecule has 31 heavy (non-hydrogen) atoms. The number of benzene rings is 2. The van der Waals surface area contributed by atoms with Gasteiger partial charge in [-0.25, -0.2) is 4.39 Å². The first-order chi connectivity index (χ1) is 14.9. The zero-order valence-electron chi connectivity index (χ0n) is 17.4. The van der Waals surface area contributed by atoms with Crippen LogP contribution in [0.2, 0.25) is 5.02 Å². The number of fused-ring (bicyclic) bond motifs is 1. The lowest BCUT2D eigenvalue weighted by Gasteiger charge is -2.30. The van der Waals surface area contributed by atoms with E-state index >= 15 is 4.39 Å². The molecule has 1 aliphatic heterocycles. The van der Waals surface area contributed by atoms with Gasteiger partial charge < -0.3 is 9.84 Å². The third-order valence-corrected chi connectivity index (χ3v) is 6.51. The van der Waals surface area contributed by atoms with Crippen LogP contribution in [0.4, 0.5) is 4.39 Å². The van der Waals surface area contributed by atoms with Gasteiger partial charge in [0.1, 0.15) is 17.8 Å². The van der Waals surface area contributed by atoms with Gasteiger partial charge in [-0.2, -0.15) is 0 Å². The van der Waals surface area contributed by atoms with E-state index in [-0.39, 0.29) is 24.0 Å². The van der Waals surface area contributed by atoms with Crippen molar-refractivity contribution in [2.24, 2.45) is 0 Å². The lowest BCUT2D eigenvalue weighted by atomic mass is 10.1. The van der Waals surface area contributed by atoms with Crippen molar-refractivity contribution in [2.45, 2.75) is 44.9 Å². The first kappa shape index (κ1) is 20.4. The number of hydrogen-bond donors (Lipinski definition) is 1. The highest BCUT2D eigenvalue weighted by molar-refractivity contribution is 6.30. The van der Waals surface area contributed by atoms with Gasteiger partial charge in [0, 0.05) is 24.2 Å². The molecule has 0 spiro atoms. The van der Waals surface area contributed by atoms with Gasteiger partial charge in [-0.1, -0.05) is 17.7 Å². The molecule has 3 atom stereocenters. The minimum Gasteiger partial charge on any atom is -0.481 e. The number of nitrogens with zero attached hydrogens (tertiary/aromatic N) is 4. The molecule has 1 fully saturated rings. The van der Waals surface area contributed by atoms with Crippen LogP contribution in [0.15, 0.2) is 36.4 Å². The zero-order valence-corrected chi connectivity index (χ0v) is 18.2. The van der Waals surface area contributed by atoms with Crippen LogP contribution in [-0.4, -0.2) is 50.0 Å². The van der Waals surface area contributed by atoms with E-state index in [9.17, 15) is 5.11 Å². The molecule has 6 nitrogen and oxygen atoms in total. The Balaban J connectivity index is 1.47. The lowest BCUT2D eigenvalue weighted by molar-refractivity contribution is 0.0790. The summed E-state index contributed by atoms with van der Waals surface area (Å²) in [5.74, 6) is 1.13. The molecule has 1 aliphatic carbocycles. The molecule has 1 aromatic heterocycles. The molecule has 5 rings (SSSR count). The number of aliphatic hydroxyl groups is 1. The van der Waals surface area contributed by atoms with Crippen molar-refractivity contribution in [3.05, 3.63) is 70.0 Å². The quantitative estimate of drug-likeness (QED) is 0.666. The number of aromatic nitrogens is 3. The molecular formula is C23H24ClFN4O2. The highest BCUT2D eigenvalue weighted by Crippen LogP contribution is 2.41. The smallest absolute Gasteiger partial charge is 0.167 e. The Kier molecular flexibility index (Phi) is 5.20. The summed E-state index contributed by atoms with van der Waals surface area (Å²) in [6, 6.07) is 10.7. The number of rotatable bonds is 4. The molecule has 8 heteroatoms. The van der Waals surface area contributed by atoms with E-state index in [1.807, 2.05) is 38.1 Å². The Bertz CT molecular complexity index is 1120. The second kappa shape index (κ2) is 7.89. The Hall–Kier alpha value is -2.48. The summed E-state index contributed by atoms with van der Waals surface area (Å²) in [5, 5.41) is 18.7. The van der Waals surface area contributed by atoms with Crippen LogP contribution < -0.4 is 4.74 Å². The second-order valence-corrected chi connectivity index (χ2v) is 8.77. The molecule has 2 heterocycles. The van der Waals surface area contributed by atoms with Gasteiger partial charge in [0.25, 0.3) is 0 Å². The van der Waals surface area contributed by atoms with Gasteiger partial charge in [-0.3, -0.25) is 9.47 Å². The second-order valence-electron chi connectivity index (χ2n) is 8.34. The summed E-state index contributed by atoms with van der Waals surface area (Å²) in [6.07, 6.45) is 0.820. The van der Waals surface area contributed by atoms with Crippen LogP contribution in [0.1, 0.15) is 35.3 Å². The maximum absolute atomic E-state index is 15.1. The van der Waals surface area contributed by atoms with Gasteiger partial charge in [-0.05, 0) is 62.1 Å². The average molecular weight is 443 g/mol. The summed E-state index contributed by atoms with van der Waals surface area (Å²) in [6.45, 7) is 5.05. The topological polar surface area (TPSA) is 63.4 Å². The summed E-state index contributed by atoms with van der Waals surface area (Å²) >= 11 is 6.26. The van der Waals surface area contributed by atoms with Crippen LogP contribution in [0.25, 0.3) is 5.69 Å². The molecule has 0 radical (unpaired) electrons. The first-order valence-electron chi connectivity index (χ1n) is 10.5. The van der Waals surface area contributed by atoms with E-state index < -0.39 is 5.82 Å². The summed E-state index contributed by atoms with van der Waals surface area (Å²) < 4.78 is 23.2. The molecular weight excluding hydrogens is 419 g/mol. The molecule has 1 saturated heterocycles. The Morgan fingerprint density at radius 2 is 1.90 bits per heavy atom. The predicted octanol–water partition coefficient (Wildman–Crippen LogP) is 3.79. The van der Waals surface area contributed by atoms with Crippen molar-refractivity contribution >= 4 is 11.6 Å². The molecule has 1 N–H and O–H groups in total. The molecule has 0 bridgehead atoms. The van der Waals surface area contributed by atoms with Gasteiger partial charge in [0.05, 0.1) is 17.8 Å². The van der Waals surface area contributed by atoms with Crippen molar-refractivity contribution in [3.63, 3.8) is 0 Å². The number of aryl methyl sites for hydroxylation is 2. The zero-order chi connectivity index (χ0) is 21.7. The number of β-amino-alcohol motifs (C(OH)–C–C–N with tert-alkyl or cyclic N) is 1. The predicted molar refractivity (Wildman–Crippen MR) is 115 cm³/mol.